The van der Waals surface area contributed by atoms with Crippen LogP contribution in [0.15, 0.2) is 47.7 Å². The topological polar surface area (TPSA) is 66.1 Å². The monoisotopic (exact) mass is 269 g/mol. The molecule has 1 aliphatic heterocycles. The molecule has 1 N–H and O–H groups in total. The van der Waals surface area contributed by atoms with Crippen molar-refractivity contribution in [2.75, 3.05) is 6.54 Å². The van der Waals surface area contributed by atoms with Crippen LogP contribution >= 0.6 is 0 Å². The third kappa shape index (κ3) is 2.22. The van der Waals surface area contributed by atoms with Crippen LogP contribution in [0.25, 0.3) is 0 Å². The van der Waals surface area contributed by atoms with Gasteiger partial charge in [0.2, 0.25) is 0 Å². The lowest BCUT2D eigenvalue weighted by Gasteiger charge is -2.24. The largest absolute Gasteiger partial charge is 0.331 e. The van der Waals surface area contributed by atoms with Gasteiger partial charge in [-0.1, -0.05) is 0 Å². The number of aromatic amines is 1. The second kappa shape index (κ2) is 5.28. The van der Waals surface area contributed by atoms with Crippen LogP contribution in [0.2, 0.25) is 0 Å². The van der Waals surface area contributed by atoms with E-state index < -0.39 is 0 Å². The maximum absolute atomic E-state index is 12.5. The number of carbonyl (C=O) groups excluding carboxylic acids is 1. The molecule has 0 aromatic carbocycles. The van der Waals surface area contributed by atoms with Gasteiger partial charge < -0.3 is 9.88 Å². The third-order valence-corrected chi connectivity index (χ3v) is 3.65. The first-order valence-corrected chi connectivity index (χ1v) is 6.66. The summed E-state index contributed by atoms with van der Waals surface area (Å²) in [5.74, 6) is -0.203. The Hall–Kier alpha value is -2.43. The summed E-state index contributed by atoms with van der Waals surface area (Å²) in [5, 5.41) is 0. The van der Waals surface area contributed by atoms with Crippen molar-refractivity contribution in [1.82, 2.24) is 14.9 Å². The van der Waals surface area contributed by atoms with Gasteiger partial charge in [-0.25, -0.2) is 0 Å². The highest BCUT2D eigenvalue weighted by atomic mass is 16.2. The molecule has 1 fully saturated rings. The van der Waals surface area contributed by atoms with Gasteiger partial charge in [0.15, 0.2) is 0 Å². The van der Waals surface area contributed by atoms with Crippen molar-refractivity contribution in [2.45, 2.75) is 18.9 Å². The number of carbonyl (C=O) groups is 1. The minimum absolute atomic E-state index is 0.0325. The summed E-state index contributed by atoms with van der Waals surface area (Å²) in [6, 6.07) is 7.12. The quantitative estimate of drug-likeness (QED) is 0.903. The number of hydrogen-bond acceptors (Lipinski definition) is 3. The van der Waals surface area contributed by atoms with Crippen LogP contribution in [0.4, 0.5) is 0 Å². The molecule has 1 amide bonds. The van der Waals surface area contributed by atoms with E-state index in [4.69, 9.17) is 0 Å². The maximum atomic E-state index is 12.5. The second-order valence-electron chi connectivity index (χ2n) is 4.85. The van der Waals surface area contributed by atoms with Crippen LogP contribution in [0, 0.1) is 0 Å². The molecule has 1 unspecified atom stereocenters. The molecule has 3 heterocycles. The Morgan fingerprint density at radius 3 is 2.85 bits per heavy atom. The number of nitrogens with one attached hydrogen (secondary N) is 1. The zero-order chi connectivity index (χ0) is 13.9. The zero-order valence-electron chi connectivity index (χ0n) is 11.0. The van der Waals surface area contributed by atoms with Gasteiger partial charge in [0, 0.05) is 25.1 Å². The van der Waals surface area contributed by atoms with E-state index in [0.29, 0.717) is 6.54 Å². The fourth-order valence-electron chi connectivity index (χ4n) is 2.69. The van der Waals surface area contributed by atoms with E-state index in [9.17, 15) is 9.59 Å². The molecule has 2 aromatic heterocycles. The van der Waals surface area contributed by atoms with Gasteiger partial charge >= 0.3 is 0 Å². The van der Waals surface area contributed by atoms with E-state index in [0.717, 1.165) is 18.4 Å². The molecule has 0 saturated carbocycles. The maximum Gasteiger partial charge on any atom is 0.260 e. The van der Waals surface area contributed by atoms with Crippen LogP contribution in [-0.4, -0.2) is 27.3 Å². The Morgan fingerprint density at radius 2 is 2.10 bits per heavy atom. The summed E-state index contributed by atoms with van der Waals surface area (Å²) in [5.41, 5.74) is 0.935. The molecule has 102 valence electrons. The molecule has 1 atom stereocenters. The van der Waals surface area contributed by atoms with E-state index in [2.05, 4.69) is 9.97 Å². The van der Waals surface area contributed by atoms with Crippen LogP contribution in [0.3, 0.4) is 0 Å². The van der Waals surface area contributed by atoms with Gasteiger partial charge in [0.1, 0.15) is 5.56 Å². The number of rotatable bonds is 2. The first kappa shape index (κ1) is 12.6. The van der Waals surface area contributed by atoms with Crippen molar-refractivity contribution < 1.29 is 4.79 Å². The lowest BCUT2D eigenvalue weighted by Crippen LogP contribution is -2.34. The number of hydrogen-bond donors (Lipinski definition) is 1. The van der Waals surface area contributed by atoms with Crippen molar-refractivity contribution in [2.24, 2.45) is 0 Å². The second-order valence-corrected chi connectivity index (χ2v) is 4.85. The molecule has 5 heteroatoms. The van der Waals surface area contributed by atoms with Gasteiger partial charge in [-0.3, -0.25) is 14.6 Å². The highest BCUT2D eigenvalue weighted by molar-refractivity contribution is 5.94. The predicted octanol–water partition coefficient (Wildman–Crippen LogP) is 1.75. The molecular formula is C15H15N3O2. The van der Waals surface area contributed by atoms with E-state index in [1.165, 1.54) is 6.20 Å². The normalized spacial score (nSPS) is 18.2. The van der Waals surface area contributed by atoms with Gasteiger partial charge in [0.05, 0.1) is 6.04 Å². The lowest BCUT2D eigenvalue weighted by molar-refractivity contribution is 0.0734. The average Bonchev–Trinajstić information content (AvgIpc) is 2.97. The Kier molecular flexibility index (Phi) is 3.33. The molecule has 20 heavy (non-hydrogen) atoms. The van der Waals surface area contributed by atoms with Crippen molar-refractivity contribution in [3.05, 3.63) is 64.3 Å². The van der Waals surface area contributed by atoms with E-state index >= 15 is 0 Å². The first-order valence-electron chi connectivity index (χ1n) is 6.66. The molecule has 1 saturated heterocycles. The Bertz CT molecular complexity index is 666. The predicted molar refractivity (Wildman–Crippen MR) is 74.3 cm³/mol. The molecule has 0 radical (unpaired) electrons. The fraction of sp³-hybridized carbons (Fsp3) is 0.267. The minimum atomic E-state index is -0.335. The summed E-state index contributed by atoms with van der Waals surface area (Å²) >= 11 is 0. The Morgan fingerprint density at radius 1 is 1.30 bits per heavy atom. The smallest absolute Gasteiger partial charge is 0.260 e. The molecular weight excluding hydrogens is 254 g/mol. The highest BCUT2D eigenvalue weighted by Crippen LogP contribution is 2.32. The van der Waals surface area contributed by atoms with Crippen LogP contribution in [0.1, 0.15) is 34.8 Å². The molecule has 2 aromatic rings. The summed E-state index contributed by atoms with van der Waals surface area (Å²) in [6.45, 7) is 0.681. The van der Waals surface area contributed by atoms with Crippen LogP contribution in [0.5, 0.6) is 0 Å². The van der Waals surface area contributed by atoms with Crippen molar-refractivity contribution in [3.63, 3.8) is 0 Å². The number of pyridine rings is 2. The number of amides is 1. The van der Waals surface area contributed by atoms with Crippen molar-refractivity contribution in [3.8, 4) is 0 Å². The van der Waals surface area contributed by atoms with E-state index in [1.54, 1.807) is 29.4 Å². The average molecular weight is 269 g/mol. The molecule has 1 aliphatic rings. The summed E-state index contributed by atoms with van der Waals surface area (Å²) in [7, 11) is 0. The summed E-state index contributed by atoms with van der Waals surface area (Å²) in [4.78, 5) is 32.6. The standard InChI is InChI=1S/C15H15N3O2/c19-14-12(3-1-7-17-14)15(20)18-10-2-4-13(18)11-5-8-16-9-6-11/h1,3,5-9,13H,2,4,10H2,(H,17,19). The van der Waals surface area contributed by atoms with Crippen LogP contribution in [-0.2, 0) is 0 Å². The number of nitrogens with zero attached hydrogens (tertiary/aromatic N) is 2. The van der Waals surface area contributed by atoms with Crippen molar-refractivity contribution >= 4 is 5.91 Å². The zero-order valence-corrected chi connectivity index (χ0v) is 11.0. The van der Waals surface area contributed by atoms with E-state index in [1.807, 2.05) is 12.1 Å². The number of H-pyrrole nitrogens is 1. The van der Waals surface area contributed by atoms with Gasteiger partial charge in [-0.05, 0) is 42.7 Å². The van der Waals surface area contributed by atoms with Gasteiger partial charge in [-0.15, -0.1) is 0 Å². The summed E-state index contributed by atoms with van der Waals surface area (Å²) < 4.78 is 0. The molecule has 5 nitrogen and oxygen atoms in total. The summed E-state index contributed by atoms with van der Waals surface area (Å²) in [6.07, 6.45) is 6.85. The van der Waals surface area contributed by atoms with Gasteiger partial charge in [0.25, 0.3) is 11.5 Å². The fourth-order valence-corrected chi connectivity index (χ4v) is 2.69. The minimum Gasteiger partial charge on any atom is -0.331 e. The molecule has 3 rings (SSSR count). The Labute approximate surface area is 116 Å². The molecule has 0 aliphatic carbocycles. The first-order chi connectivity index (χ1) is 9.77. The van der Waals surface area contributed by atoms with Gasteiger partial charge in [-0.2, -0.15) is 0 Å². The van der Waals surface area contributed by atoms with Crippen LogP contribution < -0.4 is 5.56 Å². The molecule has 0 bridgehead atoms. The van der Waals surface area contributed by atoms with Crippen molar-refractivity contribution in [1.29, 1.82) is 0 Å². The number of aromatic nitrogens is 2. The number of likely N-dealkylation sites (tertiary alicyclic amines) is 1. The SMILES string of the molecule is O=C(c1ccc[nH]c1=O)N1CCCC1c1ccncc1. The highest BCUT2D eigenvalue weighted by Gasteiger charge is 2.31. The molecule has 0 spiro atoms. The Balaban J connectivity index is 1.92. The third-order valence-electron chi connectivity index (χ3n) is 3.65. The lowest BCUT2D eigenvalue weighted by atomic mass is 10.1. The van der Waals surface area contributed by atoms with E-state index in [-0.39, 0.29) is 23.1 Å².